The van der Waals surface area contributed by atoms with Crippen LogP contribution in [0.25, 0.3) is 0 Å². The van der Waals surface area contributed by atoms with Gasteiger partial charge in [-0.15, -0.1) is 11.3 Å². The number of hydrogen-bond acceptors (Lipinski definition) is 8. The third-order valence-corrected chi connectivity index (χ3v) is 7.44. The number of aromatic nitrogens is 1. The number of benzene rings is 2. The minimum absolute atomic E-state index is 0.117. The largest absolute Gasteiger partial charge is 0.497 e. The summed E-state index contributed by atoms with van der Waals surface area (Å²) in [6.07, 6.45) is 1.53. The lowest BCUT2D eigenvalue weighted by Crippen LogP contribution is -2.38. The van der Waals surface area contributed by atoms with Crippen LogP contribution in [0.5, 0.6) is 23.0 Å². The summed E-state index contributed by atoms with van der Waals surface area (Å²) in [5.41, 5.74) is 1.83. The van der Waals surface area contributed by atoms with Crippen LogP contribution in [0, 0.1) is 0 Å². The highest BCUT2D eigenvalue weighted by molar-refractivity contribution is 7.09. The van der Waals surface area contributed by atoms with Crippen molar-refractivity contribution in [2.24, 2.45) is 0 Å². The first kappa shape index (κ1) is 26.3. The molecule has 0 aliphatic carbocycles. The van der Waals surface area contributed by atoms with E-state index in [9.17, 15) is 9.59 Å². The molecule has 9 nitrogen and oxygen atoms in total. The highest BCUT2D eigenvalue weighted by Gasteiger charge is 2.29. The number of rotatable bonds is 9. The Morgan fingerprint density at radius 2 is 1.65 bits per heavy atom. The standard InChI is InChI=1S/C27H31N3O6S/c1-33-19-7-5-17(6-8-19)15-28-25(31)21-16-37-26(29-21)18-11-13-30(14-12-18)27(32)20-9-10-22(34-2)24(36-4)23(20)35-3/h5-10,16,18H,11-15H2,1-4H3,(H,28,31). The molecule has 0 radical (unpaired) electrons. The number of nitrogens with one attached hydrogen (secondary N) is 1. The third-order valence-electron chi connectivity index (χ3n) is 6.43. The Morgan fingerprint density at radius 1 is 0.946 bits per heavy atom. The van der Waals surface area contributed by atoms with Gasteiger partial charge >= 0.3 is 0 Å². The first-order valence-electron chi connectivity index (χ1n) is 11.9. The van der Waals surface area contributed by atoms with Crippen LogP contribution in [0.4, 0.5) is 0 Å². The van der Waals surface area contributed by atoms with E-state index in [4.69, 9.17) is 18.9 Å². The zero-order valence-electron chi connectivity index (χ0n) is 21.4. The van der Waals surface area contributed by atoms with Gasteiger partial charge in [0.25, 0.3) is 11.8 Å². The smallest absolute Gasteiger partial charge is 0.271 e. The van der Waals surface area contributed by atoms with E-state index >= 15 is 0 Å². The number of likely N-dealkylation sites (tertiary alicyclic amines) is 1. The minimum Gasteiger partial charge on any atom is -0.497 e. The lowest BCUT2D eigenvalue weighted by molar-refractivity contribution is 0.0708. The Labute approximate surface area is 220 Å². The number of carbonyl (C=O) groups is 2. The third kappa shape index (κ3) is 5.80. The van der Waals surface area contributed by atoms with E-state index in [1.54, 1.807) is 24.6 Å². The van der Waals surface area contributed by atoms with Crippen LogP contribution in [0.2, 0.25) is 0 Å². The number of piperidine rings is 1. The van der Waals surface area contributed by atoms with Crippen LogP contribution < -0.4 is 24.3 Å². The molecule has 1 aliphatic heterocycles. The van der Waals surface area contributed by atoms with Crippen molar-refractivity contribution in [3.8, 4) is 23.0 Å². The summed E-state index contributed by atoms with van der Waals surface area (Å²) >= 11 is 1.49. The van der Waals surface area contributed by atoms with Gasteiger partial charge in [-0.3, -0.25) is 9.59 Å². The molecule has 1 N–H and O–H groups in total. The molecule has 2 amide bonds. The number of methoxy groups -OCH3 is 4. The zero-order chi connectivity index (χ0) is 26.4. The van der Waals surface area contributed by atoms with Gasteiger partial charge in [0, 0.05) is 30.9 Å². The molecule has 37 heavy (non-hydrogen) atoms. The van der Waals surface area contributed by atoms with Crippen molar-refractivity contribution in [2.45, 2.75) is 25.3 Å². The molecule has 4 rings (SSSR count). The molecule has 10 heteroatoms. The molecular formula is C27H31N3O6S. The van der Waals surface area contributed by atoms with Gasteiger partial charge in [-0.2, -0.15) is 0 Å². The van der Waals surface area contributed by atoms with Gasteiger partial charge in [0.2, 0.25) is 5.75 Å². The molecule has 0 bridgehead atoms. The molecule has 1 saturated heterocycles. The summed E-state index contributed by atoms with van der Waals surface area (Å²) in [4.78, 5) is 32.3. The zero-order valence-corrected chi connectivity index (χ0v) is 22.2. The van der Waals surface area contributed by atoms with E-state index in [-0.39, 0.29) is 17.7 Å². The van der Waals surface area contributed by atoms with E-state index in [1.165, 1.54) is 32.7 Å². The van der Waals surface area contributed by atoms with Gasteiger partial charge in [-0.05, 0) is 42.7 Å². The summed E-state index contributed by atoms with van der Waals surface area (Å²) in [7, 11) is 6.18. The molecule has 2 heterocycles. The Bertz CT molecular complexity index is 1240. The highest BCUT2D eigenvalue weighted by atomic mass is 32.1. The lowest BCUT2D eigenvalue weighted by Gasteiger charge is -2.31. The maximum atomic E-state index is 13.3. The SMILES string of the molecule is COc1ccc(CNC(=O)c2csc(C3CCN(C(=O)c4ccc(OC)c(OC)c4OC)CC3)n2)cc1. The maximum absolute atomic E-state index is 13.3. The van der Waals surface area contributed by atoms with Gasteiger partial charge in [0.05, 0.1) is 39.0 Å². The Hall–Kier alpha value is -3.79. The lowest BCUT2D eigenvalue weighted by atomic mass is 9.97. The average molecular weight is 526 g/mol. The topological polar surface area (TPSA) is 99.2 Å². The Kier molecular flexibility index (Phi) is 8.50. The van der Waals surface area contributed by atoms with E-state index in [0.717, 1.165) is 29.2 Å². The van der Waals surface area contributed by atoms with Gasteiger partial charge in [0.15, 0.2) is 11.5 Å². The number of carbonyl (C=O) groups excluding carboxylic acids is 2. The van der Waals surface area contributed by atoms with Crippen molar-refractivity contribution in [2.75, 3.05) is 41.5 Å². The quantitative estimate of drug-likeness (QED) is 0.449. The summed E-state index contributed by atoms with van der Waals surface area (Å²) in [5.74, 6) is 1.91. The van der Waals surface area contributed by atoms with E-state index in [0.29, 0.717) is 48.1 Å². The van der Waals surface area contributed by atoms with Gasteiger partial charge in [-0.1, -0.05) is 12.1 Å². The van der Waals surface area contributed by atoms with Gasteiger partial charge < -0.3 is 29.2 Å². The average Bonchev–Trinajstić information content (AvgIpc) is 3.45. The van der Waals surface area contributed by atoms with E-state index in [2.05, 4.69) is 10.3 Å². The van der Waals surface area contributed by atoms with Crippen LogP contribution >= 0.6 is 11.3 Å². The van der Waals surface area contributed by atoms with Crippen molar-refractivity contribution in [1.29, 1.82) is 0 Å². The van der Waals surface area contributed by atoms with Crippen molar-refractivity contribution in [1.82, 2.24) is 15.2 Å². The summed E-state index contributed by atoms with van der Waals surface area (Å²) in [6, 6.07) is 11.0. The molecule has 0 saturated carbocycles. The number of ether oxygens (including phenoxy) is 4. The maximum Gasteiger partial charge on any atom is 0.271 e. The fourth-order valence-corrected chi connectivity index (χ4v) is 5.34. The van der Waals surface area contributed by atoms with Crippen LogP contribution in [0.15, 0.2) is 41.8 Å². The van der Waals surface area contributed by atoms with E-state index < -0.39 is 0 Å². The first-order chi connectivity index (χ1) is 18.0. The van der Waals surface area contributed by atoms with Gasteiger partial charge in [0.1, 0.15) is 11.4 Å². The fraction of sp³-hybridized carbons (Fsp3) is 0.370. The van der Waals surface area contributed by atoms with Crippen LogP contribution in [0.3, 0.4) is 0 Å². The number of thiazole rings is 1. The molecular weight excluding hydrogens is 494 g/mol. The molecule has 0 atom stereocenters. The molecule has 0 spiro atoms. The molecule has 1 aromatic heterocycles. The second-order valence-corrected chi connectivity index (χ2v) is 9.44. The van der Waals surface area contributed by atoms with Crippen LogP contribution in [-0.2, 0) is 6.54 Å². The highest BCUT2D eigenvalue weighted by Crippen LogP contribution is 2.40. The Balaban J connectivity index is 1.34. The Morgan fingerprint density at radius 3 is 2.27 bits per heavy atom. The molecule has 2 aromatic carbocycles. The van der Waals surface area contributed by atoms with Crippen molar-refractivity contribution in [3.63, 3.8) is 0 Å². The molecule has 196 valence electrons. The fourth-order valence-electron chi connectivity index (χ4n) is 4.37. The second kappa shape index (κ2) is 12.0. The number of amides is 2. The first-order valence-corrected chi connectivity index (χ1v) is 12.8. The van der Waals surface area contributed by atoms with Gasteiger partial charge in [-0.25, -0.2) is 4.98 Å². The second-order valence-electron chi connectivity index (χ2n) is 8.55. The number of nitrogens with zero attached hydrogens (tertiary/aromatic N) is 2. The molecule has 1 fully saturated rings. The summed E-state index contributed by atoms with van der Waals surface area (Å²) in [5, 5.41) is 5.64. The summed E-state index contributed by atoms with van der Waals surface area (Å²) < 4.78 is 21.4. The van der Waals surface area contributed by atoms with E-state index in [1.807, 2.05) is 29.2 Å². The predicted octanol–water partition coefficient (Wildman–Crippen LogP) is 4.13. The summed E-state index contributed by atoms with van der Waals surface area (Å²) in [6.45, 7) is 1.58. The van der Waals surface area contributed by atoms with Crippen molar-refractivity contribution in [3.05, 3.63) is 63.6 Å². The van der Waals surface area contributed by atoms with Crippen LogP contribution in [0.1, 0.15) is 50.2 Å². The molecule has 1 aliphatic rings. The molecule has 0 unspecified atom stereocenters. The minimum atomic E-state index is -0.202. The predicted molar refractivity (Wildman–Crippen MR) is 140 cm³/mol. The number of hydrogen-bond donors (Lipinski definition) is 1. The molecule has 3 aromatic rings. The van der Waals surface area contributed by atoms with Crippen molar-refractivity contribution < 1.29 is 28.5 Å². The van der Waals surface area contributed by atoms with Crippen LogP contribution in [-0.4, -0.2) is 63.2 Å². The normalized spacial score (nSPS) is 13.7. The van der Waals surface area contributed by atoms with Crippen molar-refractivity contribution >= 4 is 23.2 Å². The monoisotopic (exact) mass is 525 g/mol.